The Morgan fingerprint density at radius 3 is 2.38 bits per heavy atom. The summed E-state index contributed by atoms with van der Waals surface area (Å²) in [7, 11) is 0. The van der Waals surface area contributed by atoms with E-state index in [2.05, 4.69) is 0 Å². The van der Waals surface area contributed by atoms with Crippen LogP contribution in [0.15, 0.2) is 24.3 Å². The largest absolute Gasteiger partial charge is 0.772 e. The second-order valence-electron chi connectivity index (χ2n) is 2.87. The van der Waals surface area contributed by atoms with Gasteiger partial charge in [-0.15, -0.1) is 0 Å². The maximum Gasteiger partial charge on any atom is 0.0761 e. The molecular formula is C9H11O3S-. The first-order valence-corrected chi connectivity index (χ1v) is 5.17. The van der Waals surface area contributed by atoms with Gasteiger partial charge in [0.1, 0.15) is 0 Å². The van der Waals surface area contributed by atoms with Crippen LogP contribution in [0.1, 0.15) is 24.2 Å². The Morgan fingerprint density at radius 2 is 2.00 bits per heavy atom. The van der Waals surface area contributed by atoms with E-state index in [1.165, 1.54) is 0 Å². The van der Waals surface area contributed by atoms with Gasteiger partial charge in [-0.2, -0.15) is 0 Å². The molecule has 1 aromatic rings. The molecule has 0 heterocycles. The molecule has 1 aromatic carbocycles. The van der Waals surface area contributed by atoms with Crippen molar-refractivity contribution in [1.29, 1.82) is 0 Å². The summed E-state index contributed by atoms with van der Waals surface area (Å²) in [5.74, 6) is 0.0279. The summed E-state index contributed by atoms with van der Waals surface area (Å²) in [6.45, 7) is 1.67. The van der Waals surface area contributed by atoms with Crippen LogP contribution in [0.25, 0.3) is 0 Å². The van der Waals surface area contributed by atoms with Crippen molar-refractivity contribution >= 4 is 11.1 Å². The average molecular weight is 199 g/mol. The van der Waals surface area contributed by atoms with Crippen LogP contribution in [0.5, 0.6) is 0 Å². The molecule has 1 rings (SSSR count). The zero-order chi connectivity index (χ0) is 9.84. The quantitative estimate of drug-likeness (QED) is 0.742. The molecule has 0 aromatic heterocycles. The third kappa shape index (κ3) is 3.26. The van der Waals surface area contributed by atoms with Crippen LogP contribution in [0.2, 0.25) is 0 Å². The third-order valence-corrected chi connectivity index (χ3v) is 2.32. The van der Waals surface area contributed by atoms with Gasteiger partial charge in [-0.1, -0.05) is 35.3 Å². The molecule has 0 bridgehead atoms. The number of aliphatic hydroxyl groups is 1. The SMILES string of the molecule is C[C@@H](O)c1ccc(CS(=O)[O-])cc1. The van der Waals surface area contributed by atoms with E-state index >= 15 is 0 Å². The summed E-state index contributed by atoms with van der Waals surface area (Å²) in [4.78, 5) is 0. The number of hydrogen-bond donors (Lipinski definition) is 1. The molecule has 2 atom stereocenters. The average Bonchev–Trinajstić information content (AvgIpc) is 2.04. The summed E-state index contributed by atoms with van der Waals surface area (Å²) in [5.41, 5.74) is 1.53. The first kappa shape index (κ1) is 10.4. The molecule has 1 N–H and O–H groups in total. The molecule has 0 aliphatic carbocycles. The van der Waals surface area contributed by atoms with Crippen LogP contribution in [0.3, 0.4) is 0 Å². The maximum atomic E-state index is 10.3. The lowest BCUT2D eigenvalue weighted by molar-refractivity contribution is 0.199. The topological polar surface area (TPSA) is 60.4 Å². The van der Waals surface area contributed by atoms with E-state index in [-0.39, 0.29) is 5.75 Å². The standard InChI is InChI=1S/C9H12O3S/c1-7(10)9-4-2-8(3-5-9)6-13(11)12/h2-5,7,10H,6H2,1H3,(H,11,12)/p-1/t7-/m1/s1. The highest BCUT2D eigenvalue weighted by Gasteiger charge is 1.99. The molecule has 3 nitrogen and oxygen atoms in total. The zero-order valence-corrected chi connectivity index (χ0v) is 8.08. The lowest BCUT2D eigenvalue weighted by Crippen LogP contribution is -1.95. The summed E-state index contributed by atoms with van der Waals surface area (Å²) < 4.78 is 20.7. The minimum absolute atomic E-state index is 0.0279. The molecule has 4 heteroatoms. The first-order chi connectivity index (χ1) is 6.09. The molecule has 0 aliphatic rings. The highest BCUT2D eigenvalue weighted by molar-refractivity contribution is 7.78. The van der Waals surface area contributed by atoms with Gasteiger partial charge in [0.15, 0.2) is 0 Å². The van der Waals surface area contributed by atoms with Crippen LogP contribution in [0.4, 0.5) is 0 Å². The lowest BCUT2D eigenvalue weighted by Gasteiger charge is -2.07. The highest BCUT2D eigenvalue weighted by Crippen LogP contribution is 2.13. The third-order valence-electron chi connectivity index (χ3n) is 1.75. The molecule has 0 amide bonds. The van der Waals surface area contributed by atoms with Gasteiger partial charge in [0.2, 0.25) is 0 Å². The van der Waals surface area contributed by atoms with E-state index < -0.39 is 17.2 Å². The van der Waals surface area contributed by atoms with Crippen molar-refractivity contribution in [3.05, 3.63) is 35.4 Å². The highest BCUT2D eigenvalue weighted by atomic mass is 32.2. The van der Waals surface area contributed by atoms with Crippen LogP contribution < -0.4 is 0 Å². The van der Waals surface area contributed by atoms with Gasteiger partial charge in [0.05, 0.1) is 6.10 Å². The van der Waals surface area contributed by atoms with Crippen molar-refractivity contribution in [3.63, 3.8) is 0 Å². The minimum Gasteiger partial charge on any atom is -0.772 e. The Kier molecular flexibility index (Phi) is 3.59. The first-order valence-electron chi connectivity index (χ1n) is 3.92. The monoisotopic (exact) mass is 199 g/mol. The van der Waals surface area contributed by atoms with Gasteiger partial charge in [-0.3, -0.25) is 4.21 Å². The number of benzene rings is 1. The Morgan fingerprint density at radius 1 is 1.46 bits per heavy atom. The van der Waals surface area contributed by atoms with E-state index in [0.29, 0.717) is 0 Å². The van der Waals surface area contributed by atoms with Crippen molar-refractivity contribution < 1.29 is 13.9 Å². The Labute approximate surface area is 79.7 Å². The lowest BCUT2D eigenvalue weighted by atomic mass is 10.1. The van der Waals surface area contributed by atoms with Gasteiger partial charge in [0.25, 0.3) is 0 Å². The van der Waals surface area contributed by atoms with Crippen LogP contribution in [0, 0.1) is 0 Å². The van der Waals surface area contributed by atoms with Crippen molar-refractivity contribution in [2.75, 3.05) is 0 Å². The van der Waals surface area contributed by atoms with Gasteiger partial charge in [0, 0.05) is 5.75 Å². The predicted octanol–water partition coefficient (Wildman–Crippen LogP) is 1.12. The normalized spacial score (nSPS) is 15.3. The molecule has 0 saturated heterocycles. The second kappa shape index (κ2) is 4.50. The molecule has 0 aliphatic heterocycles. The van der Waals surface area contributed by atoms with E-state index in [0.717, 1.165) is 11.1 Å². The molecule has 0 spiro atoms. The van der Waals surface area contributed by atoms with Crippen molar-refractivity contribution in [2.24, 2.45) is 0 Å². The summed E-state index contributed by atoms with van der Waals surface area (Å²) >= 11 is -2.05. The second-order valence-corrected chi connectivity index (χ2v) is 3.76. The Bertz CT molecular complexity index is 292. The fourth-order valence-electron chi connectivity index (χ4n) is 1.03. The van der Waals surface area contributed by atoms with E-state index in [4.69, 9.17) is 0 Å². The predicted molar refractivity (Wildman–Crippen MR) is 49.7 cm³/mol. The number of aliphatic hydroxyl groups excluding tert-OH is 1. The van der Waals surface area contributed by atoms with Crippen LogP contribution in [-0.4, -0.2) is 13.9 Å². The van der Waals surface area contributed by atoms with E-state index in [1.807, 2.05) is 0 Å². The van der Waals surface area contributed by atoms with E-state index in [1.54, 1.807) is 31.2 Å². The molecule has 0 saturated carbocycles. The fraction of sp³-hybridized carbons (Fsp3) is 0.333. The zero-order valence-electron chi connectivity index (χ0n) is 7.27. The van der Waals surface area contributed by atoms with Crippen LogP contribution >= 0.6 is 0 Å². The van der Waals surface area contributed by atoms with Crippen molar-refractivity contribution in [3.8, 4) is 0 Å². The van der Waals surface area contributed by atoms with Crippen molar-refractivity contribution in [2.45, 2.75) is 18.8 Å². The number of hydrogen-bond acceptors (Lipinski definition) is 3. The van der Waals surface area contributed by atoms with Gasteiger partial charge < -0.3 is 9.66 Å². The number of rotatable bonds is 3. The smallest absolute Gasteiger partial charge is 0.0761 e. The summed E-state index contributed by atoms with van der Waals surface area (Å²) in [5, 5.41) is 9.17. The molecule has 0 fully saturated rings. The molecule has 1 unspecified atom stereocenters. The molecule has 13 heavy (non-hydrogen) atoms. The fourth-order valence-corrected chi connectivity index (χ4v) is 1.49. The Hall–Kier alpha value is -0.710. The Balaban J connectivity index is 2.75. The van der Waals surface area contributed by atoms with Crippen LogP contribution in [-0.2, 0) is 16.8 Å². The van der Waals surface area contributed by atoms with E-state index in [9.17, 15) is 13.9 Å². The molecule has 0 radical (unpaired) electrons. The molecule has 72 valence electrons. The summed E-state index contributed by atoms with van der Waals surface area (Å²) in [6, 6.07) is 6.87. The maximum absolute atomic E-state index is 10.3. The van der Waals surface area contributed by atoms with Gasteiger partial charge in [-0.05, 0) is 18.1 Å². The molecular weight excluding hydrogens is 188 g/mol. The summed E-state index contributed by atoms with van der Waals surface area (Å²) in [6.07, 6.45) is -0.508. The minimum atomic E-state index is -2.05. The van der Waals surface area contributed by atoms with Gasteiger partial charge in [-0.25, -0.2) is 0 Å². The van der Waals surface area contributed by atoms with Gasteiger partial charge >= 0.3 is 0 Å². The van der Waals surface area contributed by atoms with Crippen molar-refractivity contribution in [1.82, 2.24) is 0 Å².